The number of carbonyl (C=O) groups is 1. The van der Waals surface area contributed by atoms with Crippen LogP contribution < -0.4 is 0 Å². The normalized spacial score (nSPS) is 40.2. The number of rotatable bonds is 0. The first-order valence-corrected chi connectivity index (χ1v) is 6.17. The summed E-state index contributed by atoms with van der Waals surface area (Å²) < 4.78 is 0. The smallest absolute Gasteiger partial charge is 0.178 e. The van der Waals surface area contributed by atoms with Gasteiger partial charge in [-0.3, -0.25) is 4.79 Å². The van der Waals surface area contributed by atoms with E-state index in [4.69, 9.17) is 5.26 Å². The van der Waals surface area contributed by atoms with Crippen LogP contribution in [0.2, 0.25) is 0 Å². The lowest BCUT2D eigenvalue weighted by Crippen LogP contribution is -2.47. The van der Waals surface area contributed by atoms with E-state index in [2.05, 4.69) is 0 Å². The van der Waals surface area contributed by atoms with E-state index in [-0.39, 0.29) is 23.2 Å². The molecule has 0 amide bonds. The standard InChI is InChI=1S/C14H19NO2/c1-13(2)11-4-5-14(3,17)7-9(11)6-10(8-15)12(13)16/h6,9,11,17H,4-5,7H2,1-3H3/t9?,11?,14-/m0/s1. The Labute approximate surface area is 102 Å². The van der Waals surface area contributed by atoms with Gasteiger partial charge >= 0.3 is 0 Å². The first-order chi connectivity index (χ1) is 7.78. The molecule has 2 aliphatic rings. The second-order valence-electron chi connectivity index (χ2n) is 6.25. The van der Waals surface area contributed by atoms with Gasteiger partial charge in [0.15, 0.2) is 5.78 Å². The van der Waals surface area contributed by atoms with Crippen LogP contribution in [0.15, 0.2) is 11.6 Å². The molecule has 0 aromatic carbocycles. The maximum atomic E-state index is 12.1. The molecule has 3 heteroatoms. The fourth-order valence-electron chi connectivity index (χ4n) is 3.40. The first kappa shape index (κ1) is 12.3. The van der Waals surface area contributed by atoms with Crippen LogP contribution in [0.1, 0.15) is 40.0 Å². The van der Waals surface area contributed by atoms with Crippen molar-refractivity contribution in [1.82, 2.24) is 0 Å². The molecule has 2 aliphatic carbocycles. The monoisotopic (exact) mass is 233 g/mol. The highest BCUT2D eigenvalue weighted by Crippen LogP contribution is 2.50. The molecular formula is C14H19NO2. The lowest BCUT2D eigenvalue weighted by Gasteiger charge is -2.47. The number of ketones is 1. The van der Waals surface area contributed by atoms with Crippen molar-refractivity contribution in [2.45, 2.75) is 45.6 Å². The minimum Gasteiger partial charge on any atom is -0.390 e. The number of hydrogen-bond donors (Lipinski definition) is 1. The van der Waals surface area contributed by atoms with E-state index < -0.39 is 11.0 Å². The molecule has 92 valence electrons. The Balaban J connectivity index is 2.40. The zero-order valence-corrected chi connectivity index (χ0v) is 10.7. The van der Waals surface area contributed by atoms with E-state index >= 15 is 0 Å². The Morgan fingerprint density at radius 2 is 2.12 bits per heavy atom. The molecule has 3 atom stereocenters. The highest BCUT2D eigenvalue weighted by atomic mass is 16.3. The molecule has 0 radical (unpaired) electrons. The van der Waals surface area contributed by atoms with Crippen LogP contribution in [0.4, 0.5) is 0 Å². The third-order valence-electron chi connectivity index (χ3n) is 4.44. The van der Waals surface area contributed by atoms with Crippen molar-refractivity contribution in [3.05, 3.63) is 11.6 Å². The van der Waals surface area contributed by atoms with Crippen LogP contribution in [-0.4, -0.2) is 16.5 Å². The van der Waals surface area contributed by atoms with Gasteiger partial charge in [-0.25, -0.2) is 0 Å². The molecule has 0 aromatic rings. The topological polar surface area (TPSA) is 61.1 Å². The minimum absolute atomic E-state index is 0.0391. The number of hydrogen-bond acceptors (Lipinski definition) is 3. The zero-order valence-electron chi connectivity index (χ0n) is 10.7. The van der Waals surface area contributed by atoms with Gasteiger partial charge in [0.1, 0.15) is 6.07 Å². The quantitative estimate of drug-likeness (QED) is 0.697. The molecule has 1 fully saturated rings. The Bertz CT molecular complexity index is 426. The number of Topliss-reactive ketones (excluding diaryl/α,β-unsaturated/α-hetero) is 1. The zero-order chi connectivity index (χ0) is 12.8. The van der Waals surface area contributed by atoms with Crippen molar-refractivity contribution in [2.75, 3.05) is 0 Å². The van der Waals surface area contributed by atoms with Crippen LogP contribution in [0, 0.1) is 28.6 Å². The maximum absolute atomic E-state index is 12.1. The Morgan fingerprint density at radius 1 is 1.47 bits per heavy atom. The number of nitrogens with zero attached hydrogens (tertiary/aromatic N) is 1. The van der Waals surface area contributed by atoms with E-state index in [1.165, 1.54) is 0 Å². The predicted molar refractivity (Wildman–Crippen MR) is 63.9 cm³/mol. The lowest BCUT2D eigenvalue weighted by atomic mass is 9.57. The van der Waals surface area contributed by atoms with E-state index in [0.717, 1.165) is 12.8 Å². The van der Waals surface area contributed by atoms with Gasteiger partial charge in [-0.05, 0) is 38.0 Å². The minimum atomic E-state index is -0.658. The summed E-state index contributed by atoms with van der Waals surface area (Å²) in [5.74, 6) is 0.371. The largest absolute Gasteiger partial charge is 0.390 e. The van der Waals surface area contributed by atoms with Gasteiger partial charge in [0.2, 0.25) is 0 Å². The summed E-state index contributed by atoms with van der Waals surface area (Å²) in [6.07, 6.45) is 4.03. The van der Waals surface area contributed by atoms with Crippen molar-refractivity contribution in [2.24, 2.45) is 17.3 Å². The predicted octanol–water partition coefficient (Wildman–Crippen LogP) is 2.21. The highest BCUT2D eigenvalue weighted by molar-refractivity contribution is 6.03. The number of carbonyl (C=O) groups excluding carboxylic acids is 1. The molecule has 1 saturated carbocycles. The maximum Gasteiger partial charge on any atom is 0.178 e. The first-order valence-electron chi connectivity index (χ1n) is 6.17. The molecular weight excluding hydrogens is 214 g/mol. The third kappa shape index (κ3) is 1.91. The van der Waals surface area contributed by atoms with Gasteiger partial charge in [-0.1, -0.05) is 19.9 Å². The third-order valence-corrected chi connectivity index (χ3v) is 4.44. The molecule has 0 aliphatic heterocycles. The number of nitriles is 1. The van der Waals surface area contributed by atoms with Crippen LogP contribution in [0.5, 0.6) is 0 Å². The molecule has 3 nitrogen and oxygen atoms in total. The van der Waals surface area contributed by atoms with Gasteiger partial charge in [-0.2, -0.15) is 5.26 Å². The van der Waals surface area contributed by atoms with Crippen molar-refractivity contribution >= 4 is 5.78 Å². The van der Waals surface area contributed by atoms with Crippen LogP contribution in [0.25, 0.3) is 0 Å². The Kier molecular flexibility index (Phi) is 2.67. The van der Waals surface area contributed by atoms with Gasteiger partial charge in [0.05, 0.1) is 11.2 Å². The second kappa shape index (κ2) is 3.68. The molecule has 17 heavy (non-hydrogen) atoms. The SMILES string of the molecule is CC1(C)C(=O)C(C#N)=CC2C[C@@](C)(O)CCC21. The fourth-order valence-corrected chi connectivity index (χ4v) is 3.40. The Morgan fingerprint density at radius 3 is 2.71 bits per heavy atom. The summed E-state index contributed by atoms with van der Waals surface area (Å²) >= 11 is 0. The lowest BCUT2D eigenvalue weighted by molar-refractivity contribution is -0.131. The summed E-state index contributed by atoms with van der Waals surface area (Å²) in [6, 6.07) is 2.00. The van der Waals surface area contributed by atoms with Crippen molar-refractivity contribution in [3.8, 4) is 6.07 Å². The summed E-state index contributed by atoms with van der Waals surface area (Å²) in [5.41, 5.74) is -0.857. The van der Waals surface area contributed by atoms with Crippen LogP contribution >= 0.6 is 0 Å². The molecule has 2 rings (SSSR count). The molecule has 0 bridgehead atoms. The number of allylic oxidation sites excluding steroid dienone is 2. The summed E-state index contributed by atoms with van der Waals surface area (Å²) in [6.45, 7) is 5.70. The summed E-state index contributed by atoms with van der Waals surface area (Å²) in [7, 11) is 0. The highest BCUT2D eigenvalue weighted by Gasteiger charge is 2.49. The van der Waals surface area contributed by atoms with E-state index in [0.29, 0.717) is 6.42 Å². The van der Waals surface area contributed by atoms with Gasteiger partial charge in [-0.15, -0.1) is 0 Å². The molecule has 2 unspecified atom stereocenters. The van der Waals surface area contributed by atoms with E-state index in [9.17, 15) is 9.90 Å². The van der Waals surface area contributed by atoms with Crippen molar-refractivity contribution in [3.63, 3.8) is 0 Å². The number of fused-ring (bicyclic) bond motifs is 1. The fraction of sp³-hybridized carbons (Fsp3) is 0.714. The molecule has 0 spiro atoms. The van der Waals surface area contributed by atoms with Crippen LogP contribution in [-0.2, 0) is 4.79 Å². The van der Waals surface area contributed by atoms with Crippen molar-refractivity contribution < 1.29 is 9.90 Å². The molecule has 0 heterocycles. The number of aliphatic hydroxyl groups is 1. The molecule has 0 saturated heterocycles. The summed E-state index contributed by atoms with van der Waals surface area (Å²) in [5, 5.41) is 19.1. The van der Waals surface area contributed by atoms with Crippen molar-refractivity contribution in [1.29, 1.82) is 5.26 Å². The van der Waals surface area contributed by atoms with E-state index in [1.807, 2.05) is 26.8 Å². The molecule has 0 aromatic heterocycles. The van der Waals surface area contributed by atoms with Gasteiger partial charge in [0.25, 0.3) is 0 Å². The second-order valence-corrected chi connectivity index (χ2v) is 6.25. The van der Waals surface area contributed by atoms with E-state index in [1.54, 1.807) is 6.08 Å². The molecule has 1 N–H and O–H groups in total. The van der Waals surface area contributed by atoms with Gasteiger partial charge in [0, 0.05) is 5.41 Å². The average molecular weight is 233 g/mol. The average Bonchev–Trinajstić information content (AvgIpc) is 2.22. The van der Waals surface area contributed by atoms with Gasteiger partial charge < -0.3 is 5.11 Å². The summed E-state index contributed by atoms with van der Waals surface area (Å²) in [4.78, 5) is 12.1. The Hall–Kier alpha value is -1.14. The van der Waals surface area contributed by atoms with Crippen LogP contribution in [0.3, 0.4) is 0 Å².